The van der Waals surface area contributed by atoms with Crippen LogP contribution in [0.3, 0.4) is 0 Å². The van der Waals surface area contributed by atoms with E-state index >= 15 is 0 Å². The van der Waals surface area contributed by atoms with Crippen molar-refractivity contribution in [1.82, 2.24) is 19.8 Å². The number of hydrogen-bond donors (Lipinski definition) is 1. The molecule has 0 aliphatic carbocycles. The van der Waals surface area contributed by atoms with Crippen LogP contribution in [0.25, 0.3) is 11.4 Å². The summed E-state index contributed by atoms with van der Waals surface area (Å²) < 4.78 is 89.8. The molecule has 1 aromatic carbocycles. The molecule has 0 saturated carbocycles. The highest BCUT2D eigenvalue weighted by atomic mass is 19.4. The largest absolute Gasteiger partial charge is 0.419 e. The molecule has 198 valence electrons. The predicted octanol–water partition coefficient (Wildman–Crippen LogP) is 4.74. The average Bonchev–Trinajstić information content (AvgIpc) is 3.38. The molecule has 0 spiro atoms. The highest BCUT2D eigenvalue weighted by molar-refractivity contribution is 5.89. The van der Waals surface area contributed by atoms with Crippen molar-refractivity contribution >= 4 is 11.7 Å². The molecule has 2 aromatic heterocycles. The van der Waals surface area contributed by atoms with Gasteiger partial charge in [-0.15, -0.1) is 0 Å². The van der Waals surface area contributed by atoms with Crippen LogP contribution in [0.1, 0.15) is 22.4 Å². The molecule has 3 aromatic rings. The summed E-state index contributed by atoms with van der Waals surface area (Å²) in [6, 6.07) is 1.60. The first-order chi connectivity index (χ1) is 17.6. The maximum atomic E-state index is 13.6. The molecule has 2 aliphatic rings. The number of ether oxygens (including phenoxy) is 1. The van der Waals surface area contributed by atoms with Crippen molar-refractivity contribution in [2.24, 2.45) is 5.92 Å². The number of rotatable bonds is 5. The number of urea groups is 1. The quantitative estimate of drug-likeness (QED) is 0.483. The monoisotopic (exact) mass is 529 g/mol. The number of hydrogen-bond acceptors (Lipinski definition) is 5. The van der Waals surface area contributed by atoms with E-state index in [9.17, 15) is 31.1 Å². The molecule has 14 heteroatoms. The van der Waals surface area contributed by atoms with Gasteiger partial charge in [0.1, 0.15) is 24.4 Å². The molecule has 8 nitrogen and oxygen atoms in total. The summed E-state index contributed by atoms with van der Waals surface area (Å²) in [5.74, 6) is -1.60. The second kappa shape index (κ2) is 9.72. The summed E-state index contributed by atoms with van der Waals surface area (Å²) in [5, 5.41) is 11.2. The van der Waals surface area contributed by atoms with Gasteiger partial charge in [0.15, 0.2) is 0 Å². The number of nitrogens with one attached hydrogen (secondary N) is 1. The van der Waals surface area contributed by atoms with E-state index < -0.39 is 36.6 Å². The normalized spacial score (nSPS) is 17.3. The molecular formula is C23H21F6N5O3. The number of benzene rings is 1. The van der Waals surface area contributed by atoms with Crippen molar-refractivity contribution in [1.29, 1.82) is 0 Å². The van der Waals surface area contributed by atoms with Gasteiger partial charge < -0.3 is 19.5 Å². The summed E-state index contributed by atoms with van der Waals surface area (Å²) in [4.78, 5) is 14.3. The lowest BCUT2D eigenvalue weighted by Crippen LogP contribution is -2.38. The summed E-state index contributed by atoms with van der Waals surface area (Å²) in [6.07, 6.45) is -5.16. The molecule has 5 rings (SSSR count). The number of fused-ring (bicyclic) bond motifs is 5. The fourth-order valence-corrected chi connectivity index (χ4v) is 4.67. The Kier molecular flexibility index (Phi) is 6.60. The molecule has 2 aliphatic heterocycles. The molecular weight excluding hydrogens is 508 g/mol. The van der Waals surface area contributed by atoms with Crippen LogP contribution in [-0.4, -0.2) is 52.1 Å². The number of aromatic nitrogens is 3. The van der Waals surface area contributed by atoms with Gasteiger partial charge in [-0.1, -0.05) is 5.16 Å². The summed E-state index contributed by atoms with van der Waals surface area (Å²) in [5.41, 5.74) is 1.68. The zero-order valence-electron chi connectivity index (χ0n) is 19.2. The zero-order valence-corrected chi connectivity index (χ0v) is 19.2. The highest BCUT2D eigenvalue weighted by Crippen LogP contribution is 2.37. The molecule has 0 fully saturated rings. The van der Waals surface area contributed by atoms with Gasteiger partial charge in [0.2, 0.25) is 0 Å². The van der Waals surface area contributed by atoms with E-state index in [4.69, 9.17) is 9.26 Å². The van der Waals surface area contributed by atoms with Crippen LogP contribution >= 0.6 is 0 Å². The minimum atomic E-state index is -4.90. The van der Waals surface area contributed by atoms with Gasteiger partial charge in [-0.3, -0.25) is 4.68 Å². The fourth-order valence-electron chi connectivity index (χ4n) is 4.67. The van der Waals surface area contributed by atoms with Crippen LogP contribution in [0.5, 0.6) is 0 Å². The summed E-state index contributed by atoms with van der Waals surface area (Å²) >= 11 is 0. The molecule has 2 amide bonds. The van der Waals surface area contributed by atoms with E-state index in [0.29, 0.717) is 48.5 Å². The standard InChI is InChI=1S/C23H21F6N5O3/c24-17-2-1-14(6-16(17)23(27,28)29)30-22(35)33-4-3-18-15(8-33)21-20-13(10-37-32-20)5-12(7-34(21)31-18)9-36-11-19(25)26/h1-2,6,10,12,19H,3-5,7-9,11H2,(H,30,35). The van der Waals surface area contributed by atoms with E-state index in [1.165, 1.54) is 11.2 Å². The number of carbonyl (C=O) groups excluding carboxylic acids is 1. The van der Waals surface area contributed by atoms with Gasteiger partial charge in [0.25, 0.3) is 6.43 Å². The molecule has 0 bridgehead atoms. The second-order valence-electron chi connectivity index (χ2n) is 8.94. The molecule has 4 heterocycles. The first-order valence-electron chi connectivity index (χ1n) is 11.4. The average molecular weight is 529 g/mol. The van der Waals surface area contributed by atoms with Crippen LogP contribution < -0.4 is 5.32 Å². The molecule has 0 saturated heterocycles. The van der Waals surface area contributed by atoms with Gasteiger partial charge in [0, 0.05) is 42.2 Å². The van der Waals surface area contributed by atoms with E-state index in [1.54, 1.807) is 4.68 Å². The summed E-state index contributed by atoms with van der Waals surface area (Å²) in [6.45, 7) is 0.144. The Morgan fingerprint density at radius 1 is 1.30 bits per heavy atom. The van der Waals surface area contributed by atoms with E-state index in [1.807, 2.05) is 0 Å². The van der Waals surface area contributed by atoms with Gasteiger partial charge in [0.05, 0.1) is 30.1 Å². The maximum absolute atomic E-state index is 13.6. The Labute approximate surface area is 206 Å². The Morgan fingerprint density at radius 2 is 2.11 bits per heavy atom. The first-order valence-corrected chi connectivity index (χ1v) is 11.4. The Morgan fingerprint density at radius 3 is 2.86 bits per heavy atom. The Hall–Kier alpha value is -3.55. The zero-order chi connectivity index (χ0) is 26.3. The fraction of sp³-hybridized carbons (Fsp3) is 0.435. The third-order valence-electron chi connectivity index (χ3n) is 6.32. The van der Waals surface area contributed by atoms with Crippen molar-refractivity contribution in [3.8, 4) is 11.4 Å². The number of anilines is 1. The number of alkyl halides is 5. The topological polar surface area (TPSA) is 85.4 Å². The number of carbonyl (C=O) groups is 1. The number of nitrogens with zero attached hydrogens (tertiary/aromatic N) is 4. The number of halogens is 6. The smallest absolute Gasteiger partial charge is 0.375 e. The highest BCUT2D eigenvalue weighted by Gasteiger charge is 2.36. The number of amides is 2. The third-order valence-corrected chi connectivity index (χ3v) is 6.32. The Balaban J connectivity index is 1.36. The van der Waals surface area contributed by atoms with Crippen LogP contribution in [0.2, 0.25) is 0 Å². The molecule has 1 N–H and O–H groups in total. The lowest BCUT2D eigenvalue weighted by atomic mass is 9.99. The van der Waals surface area contributed by atoms with Crippen molar-refractivity contribution in [2.75, 3.05) is 25.1 Å². The molecule has 0 radical (unpaired) electrons. The van der Waals surface area contributed by atoms with Crippen molar-refractivity contribution in [3.05, 3.63) is 52.7 Å². The van der Waals surface area contributed by atoms with E-state index in [-0.39, 0.29) is 31.3 Å². The van der Waals surface area contributed by atoms with Crippen LogP contribution in [0, 0.1) is 11.7 Å². The van der Waals surface area contributed by atoms with E-state index in [2.05, 4.69) is 15.6 Å². The summed E-state index contributed by atoms with van der Waals surface area (Å²) in [7, 11) is 0. The minimum absolute atomic E-state index is 0.0883. The maximum Gasteiger partial charge on any atom is 0.419 e. The predicted molar refractivity (Wildman–Crippen MR) is 116 cm³/mol. The van der Waals surface area contributed by atoms with Crippen molar-refractivity contribution < 1.29 is 40.4 Å². The van der Waals surface area contributed by atoms with E-state index in [0.717, 1.165) is 17.3 Å². The molecule has 1 unspecified atom stereocenters. The van der Waals surface area contributed by atoms with Gasteiger partial charge in [-0.25, -0.2) is 18.0 Å². The van der Waals surface area contributed by atoms with Crippen LogP contribution in [-0.2, 0) is 36.8 Å². The Bertz CT molecular complexity index is 1300. The van der Waals surface area contributed by atoms with Gasteiger partial charge in [-0.05, 0) is 24.6 Å². The lowest BCUT2D eigenvalue weighted by Gasteiger charge is -2.27. The van der Waals surface area contributed by atoms with Gasteiger partial charge >= 0.3 is 12.2 Å². The van der Waals surface area contributed by atoms with Crippen LogP contribution in [0.4, 0.5) is 36.8 Å². The third kappa shape index (κ3) is 5.15. The SMILES string of the molecule is O=C(Nc1ccc(F)c(C(F)(F)F)c1)N1CCc2nn3c(c2C1)-c1nocc1CC(COCC(F)F)C3. The molecule has 1 atom stereocenters. The first kappa shape index (κ1) is 25.1. The second-order valence-corrected chi connectivity index (χ2v) is 8.94. The molecule has 37 heavy (non-hydrogen) atoms. The van der Waals surface area contributed by atoms with Gasteiger partial charge in [-0.2, -0.15) is 18.3 Å². The van der Waals surface area contributed by atoms with Crippen LogP contribution in [0.15, 0.2) is 29.0 Å². The van der Waals surface area contributed by atoms with Crippen molar-refractivity contribution in [3.63, 3.8) is 0 Å². The van der Waals surface area contributed by atoms with Crippen molar-refractivity contribution in [2.45, 2.75) is 38.5 Å². The minimum Gasteiger partial charge on any atom is -0.375 e. The lowest BCUT2D eigenvalue weighted by molar-refractivity contribution is -0.139.